The average molecular weight is 246 g/mol. The average Bonchev–Trinajstić information content (AvgIpc) is 2.97. The van der Waals surface area contributed by atoms with E-state index in [2.05, 4.69) is 10.3 Å². The van der Waals surface area contributed by atoms with E-state index in [1.807, 2.05) is 0 Å². The molecule has 0 aliphatic carbocycles. The van der Waals surface area contributed by atoms with Gasteiger partial charge in [0.1, 0.15) is 5.82 Å². The van der Waals surface area contributed by atoms with Crippen molar-refractivity contribution in [2.45, 2.75) is 25.3 Å². The fraction of sp³-hybridized carbons (Fsp3) is 0.357. The maximum atomic E-state index is 13.2. The molecule has 1 aromatic carbocycles. The number of H-pyrrole nitrogens is 1. The first-order valence-corrected chi connectivity index (χ1v) is 6.26. The van der Waals surface area contributed by atoms with Crippen LogP contribution in [0.5, 0.6) is 0 Å². The van der Waals surface area contributed by atoms with Crippen molar-refractivity contribution in [1.29, 1.82) is 0 Å². The zero-order valence-electron chi connectivity index (χ0n) is 10.0. The molecular formula is C14H15FN2O. The van der Waals surface area contributed by atoms with Gasteiger partial charge < -0.3 is 10.3 Å². The van der Waals surface area contributed by atoms with E-state index < -0.39 is 0 Å². The van der Waals surface area contributed by atoms with Gasteiger partial charge in [-0.3, -0.25) is 4.79 Å². The molecule has 3 nitrogen and oxygen atoms in total. The Morgan fingerprint density at radius 1 is 1.44 bits per heavy atom. The Morgan fingerprint density at radius 3 is 3.06 bits per heavy atom. The summed E-state index contributed by atoms with van der Waals surface area (Å²) in [5, 5.41) is 4.37. The summed E-state index contributed by atoms with van der Waals surface area (Å²) in [5.41, 5.74) is 2.27. The van der Waals surface area contributed by atoms with Gasteiger partial charge in [0.05, 0.1) is 5.69 Å². The number of aromatic nitrogens is 1. The van der Waals surface area contributed by atoms with Crippen LogP contribution in [0.25, 0.3) is 10.9 Å². The molecule has 4 heteroatoms. The fourth-order valence-corrected chi connectivity index (χ4v) is 2.75. The van der Waals surface area contributed by atoms with Gasteiger partial charge in [0.2, 0.25) is 0 Å². The van der Waals surface area contributed by atoms with Crippen molar-refractivity contribution in [3.8, 4) is 0 Å². The number of nitrogens with one attached hydrogen (secondary N) is 2. The molecule has 1 atom stereocenters. The molecule has 1 unspecified atom stereocenters. The minimum Gasteiger partial charge on any atom is -0.352 e. The zero-order chi connectivity index (χ0) is 12.5. The second-order valence-corrected chi connectivity index (χ2v) is 4.82. The Hall–Kier alpha value is -1.68. The molecule has 1 aromatic heterocycles. The highest BCUT2D eigenvalue weighted by molar-refractivity contribution is 5.92. The van der Waals surface area contributed by atoms with Crippen LogP contribution >= 0.6 is 0 Å². The van der Waals surface area contributed by atoms with Crippen molar-refractivity contribution < 1.29 is 9.18 Å². The van der Waals surface area contributed by atoms with Gasteiger partial charge in [0, 0.05) is 16.9 Å². The second-order valence-electron chi connectivity index (χ2n) is 4.82. The molecule has 2 N–H and O–H groups in total. The lowest BCUT2D eigenvalue weighted by atomic mass is 10.0. The molecule has 1 aliphatic rings. The summed E-state index contributed by atoms with van der Waals surface area (Å²) in [5.74, 6) is -0.285. The normalized spacial score (nSPS) is 19.5. The van der Waals surface area contributed by atoms with Crippen LogP contribution in [0.1, 0.15) is 28.9 Å². The van der Waals surface area contributed by atoms with Crippen LogP contribution < -0.4 is 5.32 Å². The highest BCUT2D eigenvalue weighted by Gasteiger charge is 2.19. The van der Waals surface area contributed by atoms with Crippen LogP contribution in [0.15, 0.2) is 18.2 Å². The fourth-order valence-electron chi connectivity index (χ4n) is 2.75. The summed E-state index contributed by atoms with van der Waals surface area (Å²) in [6.45, 7) is 1.04. The largest absolute Gasteiger partial charge is 0.352 e. The number of aromatic amines is 1. The van der Waals surface area contributed by atoms with Crippen molar-refractivity contribution >= 4 is 17.2 Å². The third kappa shape index (κ3) is 1.93. The Bertz CT molecular complexity index is 585. The predicted molar refractivity (Wildman–Crippen MR) is 68.4 cm³/mol. The van der Waals surface area contributed by atoms with Gasteiger partial charge in [-0.2, -0.15) is 0 Å². The molecule has 94 valence electrons. The van der Waals surface area contributed by atoms with E-state index in [0.29, 0.717) is 17.3 Å². The van der Waals surface area contributed by atoms with Gasteiger partial charge in [0.15, 0.2) is 6.29 Å². The Labute approximate surface area is 104 Å². The second kappa shape index (κ2) is 4.53. The summed E-state index contributed by atoms with van der Waals surface area (Å²) in [6, 6.07) is 5.05. The van der Waals surface area contributed by atoms with E-state index in [-0.39, 0.29) is 5.82 Å². The van der Waals surface area contributed by atoms with Crippen LogP contribution in [0, 0.1) is 5.82 Å². The first kappa shape index (κ1) is 11.4. The summed E-state index contributed by atoms with van der Waals surface area (Å²) in [4.78, 5) is 14.1. The van der Waals surface area contributed by atoms with Crippen molar-refractivity contribution in [2.24, 2.45) is 0 Å². The SMILES string of the molecule is O=Cc1[nH]c2cc(F)ccc2c1CC1CCCN1. The smallest absolute Gasteiger partial charge is 0.166 e. The molecule has 18 heavy (non-hydrogen) atoms. The Kier molecular flexibility index (Phi) is 2.88. The molecule has 1 aliphatic heterocycles. The highest BCUT2D eigenvalue weighted by Crippen LogP contribution is 2.25. The number of fused-ring (bicyclic) bond motifs is 1. The maximum Gasteiger partial charge on any atom is 0.166 e. The molecule has 3 rings (SSSR count). The van der Waals surface area contributed by atoms with Gasteiger partial charge in [0.25, 0.3) is 0 Å². The van der Waals surface area contributed by atoms with Gasteiger partial charge in [-0.15, -0.1) is 0 Å². The van der Waals surface area contributed by atoms with Gasteiger partial charge >= 0.3 is 0 Å². The Morgan fingerprint density at radius 2 is 2.33 bits per heavy atom. The molecule has 2 heterocycles. The number of aldehydes is 1. The standard InChI is InChI=1S/C14H15FN2O/c15-9-3-4-11-12(7-10-2-1-5-16-10)14(8-18)17-13(11)6-9/h3-4,6,8,10,16-17H,1-2,5,7H2. The third-order valence-corrected chi connectivity index (χ3v) is 3.63. The summed E-state index contributed by atoms with van der Waals surface area (Å²) in [7, 11) is 0. The third-order valence-electron chi connectivity index (χ3n) is 3.63. The van der Waals surface area contributed by atoms with E-state index in [9.17, 15) is 9.18 Å². The van der Waals surface area contributed by atoms with Crippen molar-refractivity contribution in [3.05, 3.63) is 35.3 Å². The van der Waals surface area contributed by atoms with Gasteiger partial charge in [-0.05, 0) is 49.6 Å². The number of benzene rings is 1. The minimum absolute atomic E-state index is 0.285. The van der Waals surface area contributed by atoms with Crippen LogP contribution in [0.2, 0.25) is 0 Å². The van der Waals surface area contributed by atoms with E-state index in [0.717, 1.165) is 36.6 Å². The van der Waals surface area contributed by atoms with E-state index in [1.54, 1.807) is 6.07 Å². The van der Waals surface area contributed by atoms with Crippen LogP contribution in [0.3, 0.4) is 0 Å². The van der Waals surface area contributed by atoms with E-state index in [1.165, 1.54) is 18.6 Å². The molecule has 1 saturated heterocycles. The number of carbonyl (C=O) groups is 1. The summed E-state index contributed by atoms with van der Waals surface area (Å²) >= 11 is 0. The van der Waals surface area contributed by atoms with Crippen LogP contribution in [0.4, 0.5) is 4.39 Å². The van der Waals surface area contributed by atoms with Gasteiger partial charge in [-0.1, -0.05) is 0 Å². The maximum absolute atomic E-state index is 13.2. The lowest BCUT2D eigenvalue weighted by Crippen LogP contribution is -2.23. The molecule has 0 bridgehead atoms. The lowest BCUT2D eigenvalue weighted by molar-refractivity contribution is 0.111. The molecule has 0 spiro atoms. The number of carbonyl (C=O) groups excluding carboxylic acids is 1. The predicted octanol–water partition coefficient (Wildman–Crippen LogP) is 2.41. The van der Waals surface area contributed by atoms with Crippen molar-refractivity contribution in [3.63, 3.8) is 0 Å². The van der Waals surface area contributed by atoms with Crippen molar-refractivity contribution in [1.82, 2.24) is 10.3 Å². The Balaban J connectivity index is 2.04. The molecule has 0 radical (unpaired) electrons. The monoisotopic (exact) mass is 246 g/mol. The first-order chi connectivity index (χ1) is 8.78. The number of hydrogen-bond acceptors (Lipinski definition) is 2. The quantitative estimate of drug-likeness (QED) is 0.817. The lowest BCUT2D eigenvalue weighted by Gasteiger charge is -2.09. The number of rotatable bonds is 3. The highest BCUT2D eigenvalue weighted by atomic mass is 19.1. The minimum atomic E-state index is -0.285. The molecule has 0 saturated carbocycles. The van der Waals surface area contributed by atoms with E-state index in [4.69, 9.17) is 0 Å². The van der Waals surface area contributed by atoms with Crippen LogP contribution in [-0.4, -0.2) is 23.9 Å². The van der Waals surface area contributed by atoms with E-state index >= 15 is 0 Å². The summed E-state index contributed by atoms with van der Waals surface area (Å²) in [6.07, 6.45) is 3.95. The molecule has 2 aromatic rings. The van der Waals surface area contributed by atoms with Crippen molar-refractivity contribution in [2.75, 3.05) is 6.54 Å². The molecule has 1 fully saturated rings. The molecular weight excluding hydrogens is 231 g/mol. The summed E-state index contributed by atoms with van der Waals surface area (Å²) < 4.78 is 13.2. The topological polar surface area (TPSA) is 44.9 Å². The van der Waals surface area contributed by atoms with Gasteiger partial charge in [-0.25, -0.2) is 4.39 Å². The van der Waals surface area contributed by atoms with Crippen LogP contribution in [-0.2, 0) is 6.42 Å². The number of hydrogen-bond donors (Lipinski definition) is 2. The zero-order valence-corrected chi connectivity index (χ0v) is 10.0. The number of halogens is 1. The molecule has 0 amide bonds. The first-order valence-electron chi connectivity index (χ1n) is 6.26.